The molecular formula is C10H18O4S3. The molecular weight excluding hydrogens is 280 g/mol. The van der Waals surface area contributed by atoms with Crippen LogP contribution < -0.4 is 0 Å². The van der Waals surface area contributed by atoms with E-state index in [4.69, 9.17) is 9.47 Å². The first-order chi connectivity index (χ1) is 8.20. The molecule has 0 fully saturated rings. The number of hydrogen-bond donors (Lipinski definition) is 2. The molecule has 7 heteroatoms. The first kappa shape index (κ1) is 17.0. The van der Waals surface area contributed by atoms with Gasteiger partial charge in [-0.3, -0.25) is 9.59 Å². The van der Waals surface area contributed by atoms with Crippen LogP contribution in [-0.2, 0) is 19.1 Å². The summed E-state index contributed by atoms with van der Waals surface area (Å²) in [6.45, 7) is 0.781. The van der Waals surface area contributed by atoms with Gasteiger partial charge in [-0.1, -0.05) is 0 Å². The summed E-state index contributed by atoms with van der Waals surface area (Å²) in [5, 5.41) is 0. The van der Waals surface area contributed by atoms with Crippen LogP contribution in [0.1, 0.15) is 12.8 Å². The number of hydrogen-bond acceptors (Lipinski definition) is 7. The lowest BCUT2D eigenvalue weighted by Crippen LogP contribution is -2.10. The monoisotopic (exact) mass is 298 g/mol. The van der Waals surface area contributed by atoms with Crippen LogP contribution in [-0.4, -0.2) is 48.2 Å². The maximum atomic E-state index is 10.9. The average molecular weight is 298 g/mol. The number of ether oxygens (including phenoxy) is 2. The third-order valence-electron chi connectivity index (χ3n) is 1.61. The van der Waals surface area contributed by atoms with Gasteiger partial charge in [0.15, 0.2) is 0 Å². The van der Waals surface area contributed by atoms with E-state index in [-0.39, 0.29) is 11.9 Å². The Morgan fingerprint density at radius 3 is 1.65 bits per heavy atom. The average Bonchev–Trinajstić information content (AvgIpc) is 2.28. The highest BCUT2D eigenvalue weighted by atomic mass is 32.2. The molecule has 100 valence electrons. The van der Waals surface area contributed by atoms with E-state index in [0.29, 0.717) is 49.1 Å². The minimum atomic E-state index is -0.221. The summed E-state index contributed by atoms with van der Waals surface area (Å²) in [7, 11) is 0. The van der Waals surface area contributed by atoms with Gasteiger partial charge in [-0.15, -0.1) is 0 Å². The number of esters is 2. The van der Waals surface area contributed by atoms with Gasteiger partial charge in [0.1, 0.15) is 13.2 Å². The smallest absolute Gasteiger partial charge is 0.306 e. The summed E-state index contributed by atoms with van der Waals surface area (Å²) in [4.78, 5) is 21.9. The maximum Gasteiger partial charge on any atom is 0.306 e. The van der Waals surface area contributed by atoms with Crippen LogP contribution in [0.2, 0.25) is 0 Å². The fraction of sp³-hybridized carbons (Fsp3) is 0.800. The van der Waals surface area contributed by atoms with E-state index >= 15 is 0 Å². The molecule has 0 saturated carbocycles. The van der Waals surface area contributed by atoms with Crippen LogP contribution in [0.5, 0.6) is 0 Å². The summed E-state index contributed by atoms with van der Waals surface area (Å²) in [5.41, 5.74) is 0. The summed E-state index contributed by atoms with van der Waals surface area (Å²) in [6.07, 6.45) is 0.685. The Balaban J connectivity index is 3.18. The van der Waals surface area contributed by atoms with Gasteiger partial charge in [0, 0.05) is 23.0 Å². The molecule has 0 N–H and O–H groups in total. The van der Waals surface area contributed by atoms with Gasteiger partial charge < -0.3 is 9.47 Å². The molecule has 0 aliphatic rings. The summed E-state index contributed by atoms with van der Waals surface area (Å²) in [6, 6.07) is 0. The van der Waals surface area contributed by atoms with Gasteiger partial charge in [-0.25, -0.2) is 0 Å². The summed E-state index contributed by atoms with van der Waals surface area (Å²) in [5.74, 6) is 1.99. The molecule has 0 unspecified atom stereocenters. The maximum absolute atomic E-state index is 10.9. The number of thiol groups is 2. The first-order valence-corrected chi connectivity index (χ1v) is 7.73. The quantitative estimate of drug-likeness (QED) is 0.363. The minimum Gasteiger partial charge on any atom is -0.465 e. The molecule has 0 rings (SSSR count). The van der Waals surface area contributed by atoms with Crippen LogP contribution >= 0.6 is 37.0 Å². The lowest BCUT2D eigenvalue weighted by Gasteiger charge is -2.05. The zero-order valence-corrected chi connectivity index (χ0v) is 12.2. The predicted molar refractivity (Wildman–Crippen MR) is 76.2 cm³/mol. The zero-order valence-electron chi connectivity index (χ0n) is 9.59. The molecule has 0 aliphatic heterocycles. The van der Waals surface area contributed by atoms with E-state index in [2.05, 4.69) is 25.3 Å². The van der Waals surface area contributed by atoms with Crippen molar-refractivity contribution in [1.82, 2.24) is 0 Å². The van der Waals surface area contributed by atoms with Crippen LogP contribution in [0.25, 0.3) is 0 Å². The van der Waals surface area contributed by atoms with E-state index < -0.39 is 0 Å². The van der Waals surface area contributed by atoms with Crippen molar-refractivity contribution in [3.05, 3.63) is 0 Å². The second-order valence-corrected chi connectivity index (χ2v) is 5.12. The van der Waals surface area contributed by atoms with E-state index in [9.17, 15) is 9.59 Å². The van der Waals surface area contributed by atoms with Gasteiger partial charge in [-0.05, 0) is 0 Å². The molecule has 0 atom stereocenters. The van der Waals surface area contributed by atoms with Gasteiger partial charge in [0.25, 0.3) is 0 Å². The molecule has 0 aromatic rings. The molecule has 0 spiro atoms. The molecule has 0 saturated heterocycles. The number of thioether (sulfide) groups is 1. The van der Waals surface area contributed by atoms with Crippen molar-refractivity contribution >= 4 is 49.0 Å². The Kier molecular flexibility index (Phi) is 12.4. The normalized spacial score (nSPS) is 10.0. The summed E-state index contributed by atoms with van der Waals surface area (Å²) < 4.78 is 9.84. The SMILES string of the molecule is O=C(CCS)OCCSCCOC(=O)CCS. The molecule has 0 radical (unpaired) electrons. The Morgan fingerprint density at radius 2 is 1.29 bits per heavy atom. The van der Waals surface area contributed by atoms with E-state index in [1.54, 1.807) is 11.8 Å². The topological polar surface area (TPSA) is 52.6 Å². The largest absolute Gasteiger partial charge is 0.465 e. The van der Waals surface area contributed by atoms with Gasteiger partial charge >= 0.3 is 11.9 Å². The van der Waals surface area contributed by atoms with Crippen molar-refractivity contribution in [3.63, 3.8) is 0 Å². The molecule has 17 heavy (non-hydrogen) atoms. The van der Waals surface area contributed by atoms with E-state index in [1.807, 2.05) is 0 Å². The third kappa shape index (κ3) is 12.2. The number of carbonyl (C=O) groups excluding carboxylic acids is 2. The standard InChI is InChI=1S/C10H18O4S3/c11-9(1-5-15)13-3-7-17-8-4-14-10(12)2-6-16/h15-16H,1-8H2. The zero-order chi connectivity index (χ0) is 12.9. The van der Waals surface area contributed by atoms with Crippen LogP contribution in [0, 0.1) is 0 Å². The molecule has 0 aliphatic carbocycles. The molecule has 4 nitrogen and oxygen atoms in total. The Labute approximate surface area is 117 Å². The van der Waals surface area contributed by atoms with Crippen LogP contribution in [0.4, 0.5) is 0 Å². The molecule has 0 amide bonds. The Morgan fingerprint density at radius 1 is 0.882 bits per heavy atom. The highest BCUT2D eigenvalue weighted by molar-refractivity contribution is 7.99. The second kappa shape index (κ2) is 12.4. The minimum absolute atomic E-state index is 0.221. The first-order valence-electron chi connectivity index (χ1n) is 5.31. The van der Waals surface area contributed by atoms with Crippen molar-refractivity contribution < 1.29 is 19.1 Å². The molecule has 0 bridgehead atoms. The Hall–Kier alpha value is -0.0100. The predicted octanol–water partition coefficient (Wildman–Crippen LogP) is 1.45. The van der Waals surface area contributed by atoms with Crippen molar-refractivity contribution in [3.8, 4) is 0 Å². The van der Waals surface area contributed by atoms with Crippen molar-refractivity contribution in [2.45, 2.75) is 12.8 Å². The fourth-order valence-corrected chi connectivity index (χ4v) is 1.83. The lowest BCUT2D eigenvalue weighted by atomic mass is 10.5. The lowest BCUT2D eigenvalue weighted by molar-refractivity contribution is -0.143. The Bertz CT molecular complexity index is 202. The number of carbonyl (C=O) groups is 2. The highest BCUT2D eigenvalue weighted by Gasteiger charge is 2.02. The molecule has 0 aromatic heterocycles. The van der Waals surface area contributed by atoms with E-state index in [1.165, 1.54) is 0 Å². The third-order valence-corrected chi connectivity index (χ3v) is 2.97. The van der Waals surface area contributed by atoms with Crippen LogP contribution in [0.15, 0.2) is 0 Å². The van der Waals surface area contributed by atoms with Gasteiger partial charge in [0.05, 0.1) is 12.8 Å². The highest BCUT2D eigenvalue weighted by Crippen LogP contribution is 2.01. The second-order valence-electron chi connectivity index (χ2n) is 3.00. The van der Waals surface area contributed by atoms with Gasteiger partial charge in [-0.2, -0.15) is 37.0 Å². The van der Waals surface area contributed by atoms with Gasteiger partial charge in [0.2, 0.25) is 0 Å². The van der Waals surface area contributed by atoms with Crippen molar-refractivity contribution in [1.29, 1.82) is 0 Å². The number of rotatable bonds is 10. The molecule has 0 heterocycles. The fourth-order valence-electron chi connectivity index (χ4n) is 0.858. The van der Waals surface area contributed by atoms with Crippen LogP contribution in [0.3, 0.4) is 0 Å². The van der Waals surface area contributed by atoms with Crippen molar-refractivity contribution in [2.24, 2.45) is 0 Å². The summed E-state index contributed by atoms with van der Waals surface area (Å²) >= 11 is 9.44. The molecule has 0 aromatic carbocycles. The van der Waals surface area contributed by atoms with E-state index in [0.717, 1.165) is 0 Å². The van der Waals surface area contributed by atoms with Crippen molar-refractivity contribution in [2.75, 3.05) is 36.2 Å².